The van der Waals surface area contributed by atoms with Crippen LogP contribution < -0.4 is 5.32 Å². The van der Waals surface area contributed by atoms with E-state index in [0.29, 0.717) is 32.9 Å². The van der Waals surface area contributed by atoms with Crippen molar-refractivity contribution in [3.63, 3.8) is 0 Å². The molecule has 0 atom stereocenters. The van der Waals surface area contributed by atoms with Gasteiger partial charge in [0.15, 0.2) is 10.9 Å². The van der Waals surface area contributed by atoms with Crippen LogP contribution in [0, 0.1) is 0 Å². The van der Waals surface area contributed by atoms with Gasteiger partial charge in [-0.2, -0.15) is 0 Å². The van der Waals surface area contributed by atoms with E-state index >= 15 is 0 Å². The zero-order chi connectivity index (χ0) is 23.1. The molecular weight excluding hydrogens is 466 g/mol. The summed E-state index contributed by atoms with van der Waals surface area (Å²) in [7, 11) is 0. The third-order valence-electron chi connectivity index (χ3n) is 6.02. The second-order valence-electron chi connectivity index (χ2n) is 8.27. The minimum Gasteiger partial charge on any atom is -0.454 e. The average molecular weight is 486 g/mol. The molecule has 6 rings (SSSR count). The fourth-order valence-corrected chi connectivity index (χ4v) is 5.61. The van der Waals surface area contributed by atoms with Crippen LogP contribution in [0.25, 0.3) is 33.7 Å². The fraction of sp³-hybridized carbons (Fsp3) is 0.148. The highest BCUT2D eigenvalue weighted by Crippen LogP contribution is 2.34. The van der Waals surface area contributed by atoms with E-state index < -0.39 is 0 Å². The summed E-state index contributed by atoms with van der Waals surface area (Å²) in [6.45, 7) is 0. The standard InChI is InChI=1S/C27H20ClN3O2S/c28-19-9-3-1-8-17(19)23-13-14-24(33-23)22-15-18(16-7-2-4-10-20(16)29-22)26(32)31-27-30-21-11-5-6-12-25(21)34-27/h1-4,7-10,13-15H,5-6,11-12H2,(H,30,31,32). The SMILES string of the molecule is O=C(Nc1nc2c(s1)CCCC2)c1cc(-c2ccc(-c3ccccc3Cl)o2)nc2ccccc12. The summed E-state index contributed by atoms with van der Waals surface area (Å²) in [5.74, 6) is 1.01. The van der Waals surface area contributed by atoms with Gasteiger partial charge in [-0.1, -0.05) is 41.9 Å². The Hall–Kier alpha value is -3.48. The zero-order valence-corrected chi connectivity index (χ0v) is 19.7. The normalized spacial score (nSPS) is 13.1. The van der Waals surface area contributed by atoms with Crippen LogP contribution in [-0.2, 0) is 12.8 Å². The van der Waals surface area contributed by atoms with Crippen molar-refractivity contribution in [2.75, 3.05) is 5.32 Å². The second kappa shape index (κ2) is 8.70. The number of furan rings is 1. The van der Waals surface area contributed by atoms with Crippen LogP contribution in [0.15, 0.2) is 71.1 Å². The van der Waals surface area contributed by atoms with Gasteiger partial charge in [-0.05, 0) is 62.1 Å². The smallest absolute Gasteiger partial charge is 0.258 e. The largest absolute Gasteiger partial charge is 0.454 e. The maximum atomic E-state index is 13.4. The van der Waals surface area contributed by atoms with Crippen LogP contribution in [0.3, 0.4) is 0 Å². The fourth-order valence-electron chi connectivity index (χ4n) is 4.34. The van der Waals surface area contributed by atoms with E-state index in [4.69, 9.17) is 21.0 Å². The van der Waals surface area contributed by atoms with Gasteiger partial charge in [0.2, 0.25) is 0 Å². The molecule has 5 nitrogen and oxygen atoms in total. The first kappa shape index (κ1) is 21.1. The molecule has 0 fully saturated rings. The van der Waals surface area contributed by atoms with Crippen molar-refractivity contribution in [3.05, 3.63) is 87.9 Å². The molecule has 7 heteroatoms. The molecule has 34 heavy (non-hydrogen) atoms. The zero-order valence-electron chi connectivity index (χ0n) is 18.2. The van der Waals surface area contributed by atoms with Crippen molar-refractivity contribution in [1.29, 1.82) is 0 Å². The lowest BCUT2D eigenvalue weighted by Gasteiger charge is -2.08. The highest BCUT2D eigenvalue weighted by Gasteiger charge is 2.20. The summed E-state index contributed by atoms with van der Waals surface area (Å²) < 4.78 is 6.10. The van der Waals surface area contributed by atoms with Crippen molar-refractivity contribution >= 4 is 44.9 Å². The van der Waals surface area contributed by atoms with Gasteiger partial charge < -0.3 is 4.42 Å². The lowest BCUT2D eigenvalue weighted by molar-refractivity contribution is 0.102. The highest BCUT2D eigenvalue weighted by atomic mass is 35.5. The summed E-state index contributed by atoms with van der Waals surface area (Å²) in [5.41, 5.74) is 3.76. The third kappa shape index (κ3) is 3.89. The predicted molar refractivity (Wildman–Crippen MR) is 137 cm³/mol. The molecule has 5 aromatic rings. The minimum atomic E-state index is -0.205. The van der Waals surface area contributed by atoms with Gasteiger partial charge in [-0.15, -0.1) is 11.3 Å². The Kier molecular flexibility index (Phi) is 5.40. The van der Waals surface area contributed by atoms with Gasteiger partial charge >= 0.3 is 0 Å². The van der Waals surface area contributed by atoms with E-state index in [1.165, 1.54) is 11.3 Å². The minimum absolute atomic E-state index is 0.205. The number of fused-ring (bicyclic) bond motifs is 2. The molecule has 1 aliphatic carbocycles. The van der Waals surface area contributed by atoms with Crippen LogP contribution in [0.1, 0.15) is 33.8 Å². The number of para-hydroxylation sites is 1. The summed E-state index contributed by atoms with van der Waals surface area (Å²) in [5, 5.41) is 5.06. The van der Waals surface area contributed by atoms with Gasteiger partial charge in [-0.3, -0.25) is 10.1 Å². The molecule has 0 unspecified atom stereocenters. The van der Waals surface area contributed by atoms with E-state index in [1.807, 2.05) is 60.7 Å². The molecule has 168 valence electrons. The maximum Gasteiger partial charge on any atom is 0.258 e. The molecule has 1 amide bonds. The average Bonchev–Trinajstić information content (AvgIpc) is 3.50. The van der Waals surface area contributed by atoms with Crippen LogP contribution in [0.4, 0.5) is 5.13 Å². The molecule has 2 aromatic carbocycles. The second-order valence-corrected chi connectivity index (χ2v) is 9.76. The van der Waals surface area contributed by atoms with E-state index in [2.05, 4.69) is 10.3 Å². The number of benzene rings is 2. The summed E-state index contributed by atoms with van der Waals surface area (Å²) >= 11 is 7.92. The maximum absolute atomic E-state index is 13.4. The number of amides is 1. The number of aryl methyl sites for hydroxylation is 2. The van der Waals surface area contributed by atoms with Gasteiger partial charge in [0.25, 0.3) is 5.91 Å². The summed E-state index contributed by atoms with van der Waals surface area (Å²) in [6.07, 6.45) is 4.36. The van der Waals surface area contributed by atoms with Gasteiger partial charge in [0.1, 0.15) is 11.5 Å². The molecule has 0 aliphatic heterocycles. The molecule has 0 radical (unpaired) electrons. The Morgan fingerprint density at radius 1 is 0.941 bits per heavy atom. The number of hydrogen-bond acceptors (Lipinski definition) is 5. The molecular formula is C27H20ClN3O2S. The van der Waals surface area contributed by atoms with Crippen molar-refractivity contribution in [1.82, 2.24) is 9.97 Å². The third-order valence-corrected chi connectivity index (χ3v) is 7.43. The van der Waals surface area contributed by atoms with Crippen molar-refractivity contribution in [2.45, 2.75) is 25.7 Å². The van der Waals surface area contributed by atoms with E-state index in [-0.39, 0.29) is 5.91 Å². The van der Waals surface area contributed by atoms with Crippen LogP contribution in [0.2, 0.25) is 5.02 Å². The predicted octanol–water partition coefficient (Wildman–Crippen LogP) is 7.40. The quantitative estimate of drug-likeness (QED) is 0.288. The highest BCUT2D eigenvalue weighted by molar-refractivity contribution is 7.15. The number of thiazole rings is 1. The molecule has 3 heterocycles. The molecule has 0 bridgehead atoms. The van der Waals surface area contributed by atoms with Crippen molar-refractivity contribution < 1.29 is 9.21 Å². The number of anilines is 1. The number of hydrogen-bond donors (Lipinski definition) is 1. The lowest BCUT2D eigenvalue weighted by Crippen LogP contribution is -2.13. The molecule has 0 saturated carbocycles. The van der Waals surface area contributed by atoms with Crippen molar-refractivity contribution in [3.8, 4) is 22.8 Å². The Labute approximate surface area is 205 Å². The Morgan fingerprint density at radius 2 is 1.74 bits per heavy atom. The summed E-state index contributed by atoms with van der Waals surface area (Å²) in [4.78, 5) is 24.1. The van der Waals surface area contributed by atoms with E-state index in [1.54, 1.807) is 17.4 Å². The number of pyridine rings is 1. The number of nitrogens with zero attached hydrogens (tertiary/aromatic N) is 2. The van der Waals surface area contributed by atoms with Crippen LogP contribution in [0.5, 0.6) is 0 Å². The molecule has 0 spiro atoms. The molecule has 0 saturated heterocycles. The van der Waals surface area contributed by atoms with Crippen molar-refractivity contribution in [2.24, 2.45) is 0 Å². The molecule has 1 aliphatic rings. The number of halogens is 1. The van der Waals surface area contributed by atoms with E-state index in [9.17, 15) is 4.79 Å². The number of nitrogens with one attached hydrogen (secondary N) is 1. The first-order valence-corrected chi connectivity index (χ1v) is 12.4. The Morgan fingerprint density at radius 3 is 2.62 bits per heavy atom. The Balaban J connectivity index is 1.38. The molecule has 3 aromatic heterocycles. The first-order chi connectivity index (χ1) is 16.7. The monoisotopic (exact) mass is 485 g/mol. The summed E-state index contributed by atoms with van der Waals surface area (Å²) in [6, 6.07) is 20.6. The Bertz CT molecular complexity index is 1510. The number of carbonyl (C=O) groups is 1. The topological polar surface area (TPSA) is 68.0 Å². The van der Waals surface area contributed by atoms with Crippen LogP contribution >= 0.6 is 22.9 Å². The molecule has 1 N–H and O–H groups in total. The lowest BCUT2D eigenvalue weighted by atomic mass is 10.0. The number of aromatic nitrogens is 2. The van der Waals surface area contributed by atoms with Gasteiger partial charge in [-0.25, -0.2) is 9.97 Å². The van der Waals surface area contributed by atoms with Gasteiger partial charge in [0, 0.05) is 15.8 Å². The van der Waals surface area contributed by atoms with E-state index in [0.717, 1.165) is 41.4 Å². The number of rotatable bonds is 4. The number of carbonyl (C=O) groups excluding carboxylic acids is 1. The first-order valence-electron chi connectivity index (χ1n) is 11.2. The van der Waals surface area contributed by atoms with Crippen LogP contribution in [-0.4, -0.2) is 15.9 Å². The van der Waals surface area contributed by atoms with Gasteiger partial charge in [0.05, 0.1) is 21.8 Å².